The van der Waals surface area contributed by atoms with Gasteiger partial charge in [-0.2, -0.15) is 0 Å². The molecule has 2 N–H and O–H groups in total. The van der Waals surface area contributed by atoms with Crippen LogP contribution in [0.15, 0.2) is 53.7 Å². The van der Waals surface area contributed by atoms with Gasteiger partial charge in [-0.3, -0.25) is 0 Å². The molecule has 4 nitrogen and oxygen atoms in total. The van der Waals surface area contributed by atoms with Crippen molar-refractivity contribution in [3.63, 3.8) is 0 Å². The highest BCUT2D eigenvalue weighted by atomic mass is 32.2. The number of fused-ring (bicyclic) bond motifs is 3. The predicted octanol–water partition coefficient (Wildman–Crippen LogP) is 4.89. The van der Waals surface area contributed by atoms with Gasteiger partial charge in [0.15, 0.2) is 0 Å². The average Bonchev–Trinajstić information content (AvgIpc) is 3.03. The Labute approximate surface area is 138 Å². The summed E-state index contributed by atoms with van der Waals surface area (Å²) in [7, 11) is 0. The van der Waals surface area contributed by atoms with Crippen LogP contribution in [0, 0.1) is 6.92 Å². The number of nitrogens with one attached hydrogen (secondary N) is 2. The minimum absolute atomic E-state index is 0.913. The molecule has 0 atom stereocenters. The normalized spacial score (nSPS) is 11.2. The van der Waals surface area contributed by atoms with Crippen molar-refractivity contribution < 1.29 is 0 Å². The van der Waals surface area contributed by atoms with Crippen LogP contribution in [0.2, 0.25) is 0 Å². The van der Waals surface area contributed by atoms with Crippen molar-refractivity contribution in [1.82, 2.24) is 15.0 Å². The lowest BCUT2D eigenvalue weighted by atomic mass is 10.1. The molecule has 0 saturated heterocycles. The number of H-pyrrole nitrogens is 1. The van der Waals surface area contributed by atoms with E-state index in [1.54, 1.807) is 18.1 Å². The van der Waals surface area contributed by atoms with Gasteiger partial charge in [-0.05, 0) is 43.5 Å². The molecule has 0 aliphatic rings. The fourth-order valence-corrected chi connectivity index (χ4v) is 3.42. The number of benzene rings is 2. The maximum atomic E-state index is 4.45. The first-order valence-corrected chi connectivity index (χ1v) is 8.62. The number of pyridine rings is 1. The summed E-state index contributed by atoms with van der Waals surface area (Å²) in [5.74, 6) is 0. The third kappa shape index (κ3) is 2.43. The number of aromatic nitrogens is 3. The number of aryl methyl sites for hydroxylation is 1. The molecule has 4 aromatic rings. The highest BCUT2D eigenvalue weighted by molar-refractivity contribution is 7.98. The molecule has 2 aromatic heterocycles. The minimum atomic E-state index is 0.913. The second-order valence-electron chi connectivity index (χ2n) is 5.42. The van der Waals surface area contributed by atoms with Crippen molar-refractivity contribution in [3.8, 4) is 0 Å². The summed E-state index contributed by atoms with van der Waals surface area (Å²) < 4.78 is 0. The Bertz CT molecular complexity index is 1010. The van der Waals surface area contributed by atoms with Crippen molar-refractivity contribution in [2.75, 3.05) is 11.6 Å². The molecular formula is C18H16N4S. The number of thioether (sulfide) groups is 1. The van der Waals surface area contributed by atoms with E-state index < -0.39 is 0 Å². The highest BCUT2D eigenvalue weighted by Gasteiger charge is 2.11. The molecule has 114 valence electrons. The Hall–Kier alpha value is -2.53. The third-order valence-corrected chi connectivity index (χ3v) is 4.67. The third-order valence-electron chi connectivity index (χ3n) is 3.88. The molecule has 0 saturated carbocycles. The minimum Gasteiger partial charge on any atom is -0.358 e. The number of rotatable bonds is 3. The average molecular weight is 320 g/mol. The zero-order chi connectivity index (χ0) is 15.8. The topological polar surface area (TPSA) is 53.6 Å². The van der Waals surface area contributed by atoms with Gasteiger partial charge in [0.25, 0.3) is 0 Å². The van der Waals surface area contributed by atoms with E-state index in [0.717, 1.165) is 39.0 Å². The van der Waals surface area contributed by atoms with Crippen LogP contribution < -0.4 is 5.32 Å². The molecule has 0 fully saturated rings. The van der Waals surface area contributed by atoms with Crippen LogP contribution in [0.1, 0.15) is 5.69 Å². The maximum Gasteiger partial charge on any atom is 0.116 e. The summed E-state index contributed by atoms with van der Waals surface area (Å²) in [4.78, 5) is 13.4. The quantitative estimate of drug-likeness (QED) is 0.528. The number of anilines is 2. The largest absolute Gasteiger partial charge is 0.358 e. The molecular weight excluding hydrogens is 304 g/mol. The van der Waals surface area contributed by atoms with Crippen LogP contribution in [0.3, 0.4) is 0 Å². The molecule has 4 rings (SSSR count). The van der Waals surface area contributed by atoms with Crippen LogP contribution >= 0.6 is 11.8 Å². The molecule has 0 radical (unpaired) electrons. The molecule has 0 aliphatic carbocycles. The van der Waals surface area contributed by atoms with Gasteiger partial charge >= 0.3 is 0 Å². The molecule has 0 spiro atoms. The summed E-state index contributed by atoms with van der Waals surface area (Å²) in [5.41, 5.74) is 6.13. The lowest BCUT2D eigenvalue weighted by Crippen LogP contribution is -1.96. The van der Waals surface area contributed by atoms with E-state index in [4.69, 9.17) is 0 Å². The number of nitrogens with zero attached hydrogens (tertiary/aromatic N) is 2. The van der Waals surface area contributed by atoms with Gasteiger partial charge in [0, 0.05) is 21.5 Å². The fraction of sp³-hybridized carbons (Fsp3) is 0.111. The van der Waals surface area contributed by atoms with Crippen molar-refractivity contribution >= 4 is 45.1 Å². The van der Waals surface area contributed by atoms with Crippen LogP contribution in [0.4, 0.5) is 11.4 Å². The van der Waals surface area contributed by atoms with Crippen molar-refractivity contribution in [3.05, 3.63) is 54.5 Å². The number of imidazole rings is 1. The van der Waals surface area contributed by atoms with E-state index in [0.29, 0.717) is 0 Å². The first-order valence-electron chi connectivity index (χ1n) is 7.39. The molecule has 5 heteroatoms. The first-order chi connectivity index (χ1) is 11.3. The van der Waals surface area contributed by atoms with E-state index in [2.05, 4.69) is 63.8 Å². The number of aromatic amines is 1. The lowest BCUT2D eigenvalue weighted by Gasteiger charge is -2.14. The van der Waals surface area contributed by atoms with Gasteiger partial charge in [0.2, 0.25) is 0 Å². The molecule has 23 heavy (non-hydrogen) atoms. The maximum absolute atomic E-state index is 4.45. The van der Waals surface area contributed by atoms with Gasteiger partial charge in [0.1, 0.15) is 11.8 Å². The van der Waals surface area contributed by atoms with Crippen LogP contribution in [-0.4, -0.2) is 21.2 Å². The van der Waals surface area contributed by atoms with E-state index in [9.17, 15) is 0 Å². The molecule has 0 bridgehead atoms. The van der Waals surface area contributed by atoms with Crippen LogP contribution in [0.25, 0.3) is 21.9 Å². The van der Waals surface area contributed by atoms with Crippen molar-refractivity contribution in [2.24, 2.45) is 0 Å². The molecule has 0 unspecified atom stereocenters. The van der Waals surface area contributed by atoms with Gasteiger partial charge in [0.05, 0.1) is 16.9 Å². The van der Waals surface area contributed by atoms with E-state index in [-0.39, 0.29) is 0 Å². The Morgan fingerprint density at radius 1 is 1.04 bits per heavy atom. The highest BCUT2D eigenvalue weighted by Crippen LogP contribution is 2.34. The summed E-state index contributed by atoms with van der Waals surface area (Å²) in [6, 6.07) is 14.5. The van der Waals surface area contributed by atoms with E-state index >= 15 is 0 Å². The Morgan fingerprint density at radius 3 is 2.78 bits per heavy atom. The Morgan fingerprint density at radius 2 is 1.91 bits per heavy atom. The summed E-state index contributed by atoms with van der Waals surface area (Å²) in [6.07, 6.45) is 3.70. The summed E-state index contributed by atoms with van der Waals surface area (Å²) in [5, 5.41) is 4.65. The molecule has 0 aliphatic heterocycles. The van der Waals surface area contributed by atoms with Crippen LogP contribution in [0.5, 0.6) is 0 Å². The first kappa shape index (κ1) is 14.1. The smallest absolute Gasteiger partial charge is 0.116 e. The number of hydrogen-bond donors (Lipinski definition) is 2. The molecule has 0 amide bonds. The van der Waals surface area contributed by atoms with Gasteiger partial charge in [-0.25, -0.2) is 9.97 Å². The van der Waals surface area contributed by atoms with E-state index in [1.807, 2.05) is 12.1 Å². The fourth-order valence-electron chi connectivity index (χ4n) is 2.87. The monoisotopic (exact) mass is 320 g/mol. The second-order valence-corrected chi connectivity index (χ2v) is 6.27. The van der Waals surface area contributed by atoms with Gasteiger partial charge in [-0.1, -0.05) is 12.1 Å². The molecule has 2 heterocycles. The van der Waals surface area contributed by atoms with Crippen molar-refractivity contribution in [2.45, 2.75) is 11.8 Å². The second kappa shape index (κ2) is 5.59. The predicted molar refractivity (Wildman–Crippen MR) is 97.6 cm³/mol. The van der Waals surface area contributed by atoms with Gasteiger partial charge < -0.3 is 10.3 Å². The Kier molecular flexibility index (Phi) is 3.42. The van der Waals surface area contributed by atoms with Crippen molar-refractivity contribution in [1.29, 1.82) is 0 Å². The van der Waals surface area contributed by atoms with Gasteiger partial charge in [-0.15, -0.1) is 11.8 Å². The summed E-state index contributed by atoms with van der Waals surface area (Å²) in [6.45, 7) is 2.06. The molecule has 2 aromatic carbocycles. The zero-order valence-corrected chi connectivity index (χ0v) is 13.7. The summed E-state index contributed by atoms with van der Waals surface area (Å²) >= 11 is 1.73. The Balaban J connectivity index is 1.96. The SMILES string of the molecule is CSc1ccccc1Nc1cc(C)[nH]c2ccc3ncnc3c12. The zero-order valence-electron chi connectivity index (χ0n) is 12.9. The lowest BCUT2D eigenvalue weighted by molar-refractivity contribution is 1.25. The number of para-hydroxylation sites is 1. The number of hydrogen-bond acceptors (Lipinski definition) is 4. The standard InChI is InChI=1S/C18H16N4S/c1-11-9-15(22-12-5-3-4-6-16(12)23-2)17-13(21-11)7-8-14-18(17)20-10-19-14/h3-10,21-22H,1-2H3. The van der Waals surface area contributed by atoms with Crippen LogP contribution in [-0.2, 0) is 0 Å². The van der Waals surface area contributed by atoms with E-state index in [1.165, 1.54) is 4.90 Å².